The Morgan fingerprint density at radius 1 is 1.36 bits per heavy atom. The number of benzene rings is 1. The van der Waals surface area contributed by atoms with E-state index in [1.54, 1.807) is 0 Å². The van der Waals surface area contributed by atoms with Gasteiger partial charge in [-0.3, -0.25) is 0 Å². The van der Waals surface area contributed by atoms with Crippen molar-refractivity contribution in [2.45, 2.75) is 6.61 Å². The molecule has 0 fully saturated rings. The summed E-state index contributed by atoms with van der Waals surface area (Å²) in [4.78, 5) is 1.91. The topological polar surface area (TPSA) is 43.7 Å². The Kier molecular flexibility index (Phi) is 4.38. The minimum Gasteiger partial charge on any atom is -0.395 e. The molecule has 0 saturated heterocycles. The van der Waals surface area contributed by atoms with E-state index in [1.807, 2.05) is 30.1 Å². The van der Waals surface area contributed by atoms with Crippen molar-refractivity contribution >= 4 is 21.6 Å². The fourth-order valence-corrected chi connectivity index (χ4v) is 1.73. The molecule has 0 radical (unpaired) electrons. The molecule has 1 aromatic rings. The molecule has 0 atom stereocenters. The van der Waals surface area contributed by atoms with Crippen molar-refractivity contribution in [3.63, 3.8) is 0 Å². The lowest BCUT2D eigenvalue weighted by molar-refractivity contribution is 0.281. The predicted molar refractivity (Wildman–Crippen MR) is 60.4 cm³/mol. The first-order chi connectivity index (χ1) is 6.69. The number of aliphatic hydroxyl groups is 2. The fourth-order valence-electron chi connectivity index (χ4n) is 1.32. The first-order valence-electron chi connectivity index (χ1n) is 4.40. The van der Waals surface area contributed by atoms with Crippen LogP contribution in [-0.2, 0) is 6.61 Å². The van der Waals surface area contributed by atoms with E-state index < -0.39 is 0 Å². The number of rotatable bonds is 4. The SMILES string of the molecule is CN(CCO)c1ccc(Br)cc1CO. The molecule has 0 aliphatic heterocycles. The van der Waals surface area contributed by atoms with Gasteiger partial charge in [0.2, 0.25) is 0 Å². The summed E-state index contributed by atoms with van der Waals surface area (Å²) in [7, 11) is 1.89. The average molecular weight is 260 g/mol. The quantitative estimate of drug-likeness (QED) is 0.859. The number of anilines is 1. The molecular weight excluding hydrogens is 246 g/mol. The van der Waals surface area contributed by atoms with E-state index in [4.69, 9.17) is 10.2 Å². The second kappa shape index (κ2) is 5.34. The molecule has 1 rings (SSSR count). The van der Waals surface area contributed by atoms with Crippen LogP contribution in [0.25, 0.3) is 0 Å². The zero-order valence-corrected chi connectivity index (χ0v) is 9.66. The van der Waals surface area contributed by atoms with Crippen LogP contribution >= 0.6 is 15.9 Å². The first kappa shape index (κ1) is 11.5. The number of halogens is 1. The maximum Gasteiger partial charge on any atom is 0.0702 e. The van der Waals surface area contributed by atoms with Crippen LogP contribution in [0.2, 0.25) is 0 Å². The van der Waals surface area contributed by atoms with Crippen molar-refractivity contribution in [3.8, 4) is 0 Å². The van der Waals surface area contributed by atoms with E-state index in [0.29, 0.717) is 6.54 Å². The molecule has 1 aromatic carbocycles. The third kappa shape index (κ3) is 2.70. The van der Waals surface area contributed by atoms with Crippen LogP contribution in [0.15, 0.2) is 22.7 Å². The summed E-state index contributed by atoms with van der Waals surface area (Å²) in [6, 6.07) is 5.72. The Labute approximate surface area is 92.1 Å². The summed E-state index contributed by atoms with van der Waals surface area (Å²) in [6.07, 6.45) is 0. The molecule has 0 aliphatic carbocycles. The van der Waals surface area contributed by atoms with Crippen LogP contribution in [0.5, 0.6) is 0 Å². The molecule has 0 aliphatic rings. The zero-order valence-electron chi connectivity index (χ0n) is 8.07. The van der Waals surface area contributed by atoms with Gasteiger partial charge in [0.1, 0.15) is 0 Å². The number of aliphatic hydroxyl groups excluding tert-OH is 2. The molecule has 0 unspecified atom stereocenters. The van der Waals surface area contributed by atoms with Gasteiger partial charge in [0.25, 0.3) is 0 Å². The highest BCUT2D eigenvalue weighted by atomic mass is 79.9. The summed E-state index contributed by atoms with van der Waals surface area (Å²) < 4.78 is 0.947. The summed E-state index contributed by atoms with van der Waals surface area (Å²) in [6.45, 7) is 0.677. The average Bonchev–Trinajstić information content (AvgIpc) is 2.17. The van der Waals surface area contributed by atoms with Crippen molar-refractivity contribution in [3.05, 3.63) is 28.2 Å². The third-order valence-electron chi connectivity index (χ3n) is 2.06. The predicted octanol–water partition coefficient (Wildman–Crippen LogP) is 1.37. The Morgan fingerprint density at radius 2 is 2.07 bits per heavy atom. The summed E-state index contributed by atoms with van der Waals surface area (Å²) in [5.74, 6) is 0. The van der Waals surface area contributed by atoms with Gasteiger partial charge in [-0.15, -0.1) is 0 Å². The largest absolute Gasteiger partial charge is 0.395 e. The lowest BCUT2D eigenvalue weighted by Crippen LogP contribution is -2.22. The van der Waals surface area contributed by atoms with Crippen LogP contribution < -0.4 is 4.90 Å². The molecule has 2 N–H and O–H groups in total. The van der Waals surface area contributed by atoms with Crippen LogP contribution in [-0.4, -0.2) is 30.4 Å². The minimum atomic E-state index is 0.00451. The molecule has 0 aromatic heterocycles. The molecule has 0 bridgehead atoms. The van der Waals surface area contributed by atoms with Crippen molar-refractivity contribution < 1.29 is 10.2 Å². The molecule has 0 heterocycles. The van der Waals surface area contributed by atoms with Gasteiger partial charge in [-0.05, 0) is 18.2 Å². The van der Waals surface area contributed by atoms with Gasteiger partial charge in [-0.25, -0.2) is 0 Å². The summed E-state index contributed by atoms with van der Waals surface area (Å²) >= 11 is 3.35. The van der Waals surface area contributed by atoms with E-state index in [0.717, 1.165) is 15.7 Å². The fraction of sp³-hybridized carbons (Fsp3) is 0.400. The van der Waals surface area contributed by atoms with Crippen LogP contribution in [0, 0.1) is 0 Å². The Balaban J connectivity index is 2.95. The zero-order chi connectivity index (χ0) is 10.6. The molecular formula is C10H14BrNO2. The highest BCUT2D eigenvalue weighted by molar-refractivity contribution is 9.10. The molecule has 0 amide bonds. The van der Waals surface area contributed by atoms with Crippen LogP contribution in [0.1, 0.15) is 5.56 Å². The number of hydrogen-bond acceptors (Lipinski definition) is 3. The first-order valence-corrected chi connectivity index (χ1v) is 5.19. The van der Waals surface area contributed by atoms with Crippen molar-refractivity contribution in [2.24, 2.45) is 0 Å². The monoisotopic (exact) mass is 259 g/mol. The van der Waals surface area contributed by atoms with E-state index in [-0.39, 0.29) is 13.2 Å². The van der Waals surface area contributed by atoms with E-state index >= 15 is 0 Å². The Hall–Kier alpha value is -0.580. The molecule has 3 nitrogen and oxygen atoms in total. The number of likely N-dealkylation sites (N-methyl/N-ethyl adjacent to an activating group) is 1. The standard InChI is InChI=1S/C10H14BrNO2/c1-12(4-5-13)10-3-2-9(11)6-8(10)7-14/h2-3,6,13-14H,4-5,7H2,1H3. The number of hydrogen-bond donors (Lipinski definition) is 2. The lowest BCUT2D eigenvalue weighted by Gasteiger charge is -2.20. The Bertz CT molecular complexity index is 304. The Morgan fingerprint density at radius 3 is 2.64 bits per heavy atom. The van der Waals surface area contributed by atoms with E-state index in [2.05, 4.69) is 15.9 Å². The molecule has 78 valence electrons. The van der Waals surface area contributed by atoms with E-state index in [1.165, 1.54) is 0 Å². The van der Waals surface area contributed by atoms with Gasteiger partial charge in [0.05, 0.1) is 13.2 Å². The van der Waals surface area contributed by atoms with Gasteiger partial charge in [-0.1, -0.05) is 15.9 Å². The van der Waals surface area contributed by atoms with Gasteiger partial charge in [0.15, 0.2) is 0 Å². The molecule has 4 heteroatoms. The third-order valence-corrected chi connectivity index (χ3v) is 2.55. The summed E-state index contributed by atoms with van der Waals surface area (Å²) in [5, 5.41) is 18.0. The minimum absolute atomic E-state index is 0.00451. The van der Waals surface area contributed by atoms with Gasteiger partial charge >= 0.3 is 0 Å². The van der Waals surface area contributed by atoms with Gasteiger partial charge in [-0.2, -0.15) is 0 Å². The highest BCUT2D eigenvalue weighted by Crippen LogP contribution is 2.23. The second-order valence-electron chi connectivity index (χ2n) is 3.08. The van der Waals surface area contributed by atoms with Crippen molar-refractivity contribution in [1.29, 1.82) is 0 Å². The maximum atomic E-state index is 9.15. The van der Waals surface area contributed by atoms with E-state index in [9.17, 15) is 0 Å². The maximum absolute atomic E-state index is 9.15. The van der Waals surface area contributed by atoms with Gasteiger partial charge < -0.3 is 15.1 Å². The van der Waals surface area contributed by atoms with Crippen LogP contribution in [0.4, 0.5) is 5.69 Å². The highest BCUT2D eigenvalue weighted by Gasteiger charge is 2.06. The smallest absolute Gasteiger partial charge is 0.0702 e. The molecule has 14 heavy (non-hydrogen) atoms. The van der Waals surface area contributed by atoms with Crippen LogP contribution in [0.3, 0.4) is 0 Å². The normalized spacial score (nSPS) is 10.3. The lowest BCUT2D eigenvalue weighted by atomic mass is 10.2. The van der Waals surface area contributed by atoms with Crippen molar-refractivity contribution in [1.82, 2.24) is 0 Å². The second-order valence-corrected chi connectivity index (χ2v) is 3.99. The molecule has 0 spiro atoms. The molecule has 0 saturated carbocycles. The van der Waals surface area contributed by atoms with Gasteiger partial charge in [0, 0.05) is 29.3 Å². The van der Waals surface area contributed by atoms with Crippen molar-refractivity contribution in [2.75, 3.05) is 25.1 Å². The number of nitrogens with zero attached hydrogens (tertiary/aromatic N) is 1. The summed E-state index contributed by atoms with van der Waals surface area (Å²) in [5.41, 5.74) is 1.81.